The van der Waals surface area contributed by atoms with Gasteiger partial charge in [0.25, 0.3) is 0 Å². The summed E-state index contributed by atoms with van der Waals surface area (Å²) in [6, 6.07) is 5.70. The topological polar surface area (TPSA) is 38.5 Å². The summed E-state index contributed by atoms with van der Waals surface area (Å²) in [6.45, 7) is 3.37. The fourth-order valence-electron chi connectivity index (χ4n) is 2.76. The van der Waals surface area contributed by atoms with Crippen LogP contribution in [0, 0.1) is 5.92 Å². The van der Waals surface area contributed by atoms with Gasteiger partial charge in [0.2, 0.25) is 0 Å². The van der Waals surface area contributed by atoms with Crippen molar-refractivity contribution < 1.29 is 4.74 Å². The molecule has 1 aromatic carbocycles. The monoisotopic (exact) mass is 302 g/mol. The van der Waals surface area contributed by atoms with Crippen molar-refractivity contribution in [2.75, 3.05) is 33.4 Å². The summed E-state index contributed by atoms with van der Waals surface area (Å²) in [4.78, 5) is 2.38. The summed E-state index contributed by atoms with van der Waals surface area (Å²) in [5.41, 5.74) is 6.97. The molecule has 1 fully saturated rings. The molecule has 5 heteroatoms. The summed E-state index contributed by atoms with van der Waals surface area (Å²) >= 11 is 12.3. The van der Waals surface area contributed by atoms with Crippen LogP contribution in [0.3, 0.4) is 0 Å². The van der Waals surface area contributed by atoms with Gasteiger partial charge in [0.15, 0.2) is 0 Å². The highest BCUT2D eigenvalue weighted by molar-refractivity contribution is 6.33. The van der Waals surface area contributed by atoms with E-state index in [1.54, 1.807) is 13.2 Å². The molecular formula is C14H20Cl2N2O. The summed E-state index contributed by atoms with van der Waals surface area (Å²) in [5, 5.41) is 1.43. The van der Waals surface area contributed by atoms with Crippen molar-refractivity contribution in [2.45, 2.75) is 12.5 Å². The van der Waals surface area contributed by atoms with E-state index in [1.165, 1.54) is 0 Å². The lowest BCUT2D eigenvalue weighted by atomic mass is 10.1. The Balaban J connectivity index is 2.14. The Morgan fingerprint density at radius 2 is 2.26 bits per heavy atom. The second-order valence-corrected chi connectivity index (χ2v) is 5.87. The summed E-state index contributed by atoms with van der Waals surface area (Å²) < 4.78 is 5.23. The highest BCUT2D eigenvalue weighted by Crippen LogP contribution is 2.32. The Morgan fingerprint density at radius 1 is 1.47 bits per heavy atom. The summed E-state index contributed by atoms with van der Waals surface area (Å²) in [5.74, 6) is 0.581. The van der Waals surface area contributed by atoms with Crippen LogP contribution in [0.4, 0.5) is 0 Å². The van der Waals surface area contributed by atoms with Crippen LogP contribution in [0.15, 0.2) is 18.2 Å². The van der Waals surface area contributed by atoms with Crippen LogP contribution in [0.2, 0.25) is 10.0 Å². The molecule has 0 bridgehead atoms. The molecule has 2 atom stereocenters. The van der Waals surface area contributed by atoms with Gasteiger partial charge in [0.1, 0.15) is 0 Å². The standard InChI is InChI=1S/C14H20Cl2N2O/c1-19-9-10-4-5-18(8-10)14(7-17)12-6-11(15)2-3-13(12)16/h2-3,6,10,14H,4-5,7-9,17H2,1H3. The molecule has 0 aromatic heterocycles. The molecule has 0 spiro atoms. The number of methoxy groups -OCH3 is 1. The van der Waals surface area contributed by atoms with Gasteiger partial charge in [-0.15, -0.1) is 0 Å². The zero-order chi connectivity index (χ0) is 13.8. The van der Waals surface area contributed by atoms with Crippen LogP contribution in [0.25, 0.3) is 0 Å². The molecule has 3 nitrogen and oxygen atoms in total. The molecule has 1 aliphatic rings. The van der Waals surface area contributed by atoms with Gasteiger partial charge in [-0.3, -0.25) is 4.90 Å². The predicted octanol–water partition coefficient (Wildman–Crippen LogP) is 2.96. The number of benzene rings is 1. The second kappa shape index (κ2) is 6.91. The first-order valence-corrected chi connectivity index (χ1v) is 7.29. The van der Waals surface area contributed by atoms with E-state index in [4.69, 9.17) is 33.7 Å². The van der Waals surface area contributed by atoms with Crippen LogP contribution in [0.5, 0.6) is 0 Å². The van der Waals surface area contributed by atoms with Crippen molar-refractivity contribution in [2.24, 2.45) is 11.7 Å². The Kier molecular flexibility index (Phi) is 5.48. The van der Waals surface area contributed by atoms with E-state index in [1.807, 2.05) is 12.1 Å². The SMILES string of the molecule is COCC1CCN(C(CN)c2cc(Cl)ccc2Cl)C1. The maximum Gasteiger partial charge on any atom is 0.0503 e. The van der Waals surface area contributed by atoms with Crippen molar-refractivity contribution >= 4 is 23.2 Å². The first-order valence-electron chi connectivity index (χ1n) is 6.53. The minimum absolute atomic E-state index is 0.132. The molecule has 0 aliphatic carbocycles. The lowest BCUT2D eigenvalue weighted by Gasteiger charge is -2.28. The Hall–Kier alpha value is -0.320. The smallest absolute Gasteiger partial charge is 0.0503 e. The first-order chi connectivity index (χ1) is 9.15. The van der Waals surface area contributed by atoms with E-state index in [0.717, 1.165) is 36.7 Å². The molecule has 2 N–H and O–H groups in total. The second-order valence-electron chi connectivity index (χ2n) is 5.02. The summed E-state index contributed by atoms with van der Waals surface area (Å²) in [7, 11) is 1.75. The maximum atomic E-state index is 6.28. The van der Waals surface area contributed by atoms with Crippen LogP contribution < -0.4 is 5.73 Å². The molecule has 0 amide bonds. The van der Waals surface area contributed by atoms with Crippen LogP contribution >= 0.6 is 23.2 Å². The molecular weight excluding hydrogens is 283 g/mol. The Labute approximate surface area is 124 Å². The van der Waals surface area contributed by atoms with Gasteiger partial charge < -0.3 is 10.5 Å². The minimum atomic E-state index is 0.132. The average Bonchev–Trinajstić information content (AvgIpc) is 2.83. The number of likely N-dealkylation sites (tertiary alicyclic amines) is 1. The van der Waals surface area contributed by atoms with Gasteiger partial charge in [-0.05, 0) is 42.6 Å². The molecule has 106 valence electrons. The number of ether oxygens (including phenoxy) is 1. The predicted molar refractivity (Wildman–Crippen MR) is 79.8 cm³/mol. The number of nitrogens with two attached hydrogens (primary N) is 1. The first kappa shape index (κ1) is 15.1. The van der Waals surface area contributed by atoms with Crippen molar-refractivity contribution in [3.05, 3.63) is 33.8 Å². The highest BCUT2D eigenvalue weighted by atomic mass is 35.5. The van der Waals surface area contributed by atoms with E-state index >= 15 is 0 Å². The number of halogens is 2. The maximum absolute atomic E-state index is 6.28. The van der Waals surface area contributed by atoms with Crippen molar-refractivity contribution in [3.63, 3.8) is 0 Å². The Bertz CT molecular complexity index is 428. The van der Waals surface area contributed by atoms with Gasteiger partial charge >= 0.3 is 0 Å². The van der Waals surface area contributed by atoms with Crippen molar-refractivity contribution in [1.82, 2.24) is 4.90 Å². The number of hydrogen-bond donors (Lipinski definition) is 1. The third kappa shape index (κ3) is 3.61. The van der Waals surface area contributed by atoms with E-state index in [9.17, 15) is 0 Å². The molecule has 1 heterocycles. The molecule has 2 rings (SSSR count). The summed E-state index contributed by atoms with van der Waals surface area (Å²) in [6.07, 6.45) is 1.14. The van der Waals surface area contributed by atoms with Crippen molar-refractivity contribution in [1.29, 1.82) is 0 Å². The van der Waals surface area contributed by atoms with E-state index in [2.05, 4.69) is 4.90 Å². The minimum Gasteiger partial charge on any atom is -0.384 e. The van der Waals surface area contributed by atoms with E-state index in [0.29, 0.717) is 17.5 Å². The van der Waals surface area contributed by atoms with E-state index in [-0.39, 0.29) is 6.04 Å². The quantitative estimate of drug-likeness (QED) is 0.909. The number of nitrogens with zero attached hydrogens (tertiary/aromatic N) is 1. The zero-order valence-electron chi connectivity index (χ0n) is 11.1. The molecule has 2 unspecified atom stereocenters. The van der Waals surface area contributed by atoms with Gasteiger partial charge in [-0.2, -0.15) is 0 Å². The lowest BCUT2D eigenvalue weighted by Crippen LogP contribution is -2.32. The zero-order valence-corrected chi connectivity index (χ0v) is 12.6. The molecule has 1 aromatic rings. The largest absolute Gasteiger partial charge is 0.384 e. The van der Waals surface area contributed by atoms with E-state index < -0.39 is 0 Å². The highest BCUT2D eigenvalue weighted by Gasteiger charge is 2.29. The number of rotatable bonds is 5. The van der Waals surface area contributed by atoms with Crippen molar-refractivity contribution in [3.8, 4) is 0 Å². The van der Waals surface area contributed by atoms with Gasteiger partial charge in [0.05, 0.1) is 6.61 Å². The van der Waals surface area contributed by atoms with Crippen LogP contribution in [0.1, 0.15) is 18.0 Å². The third-order valence-corrected chi connectivity index (χ3v) is 4.28. The normalized spacial score (nSPS) is 21.8. The van der Waals surface area contributed by atoms with Crippen LogP contribution in [-0.4, -0.2) is 38.3 Å². The Morgan fingerprint density at radius 3 is 2.95 bits per heavy atom. The number of hydrogen-bond acceptors (Lipinski definition) is 3. The fraction of sp³-hybridized carbons (Fsp3) is 0.571. The molecule has 0 saturated carbocycles. The lowest BCUT2D eigenvalue weighted by molar-refractivity contribution is 0.147. The third-order valence-electron chi connectivity index (χ3n) is 3.70. The molecule has 0 radical (unpaired) electrons. The van der Waals surface area contributed by atoms with Gasteiger partial charge in [0, 0.05) is 36.3 Å². The van der Waals surface area contributed by atoms with Gasteiger partial charge in [-0.25, -0.2) is 0 Å². The fourth-order valence-corrected chi connectivity index (χ4v) is 3.18. The van der Waals surface area contributed by atoms with Crippen LogP contribution in [-0.2, 0) is 4.74 Å². The molecule has 1 aliphatic heterocycles. The molecule has 19 heavy (non-hydrogen) atoms. The average molecular weight is 303 g/mol. The van der Waals surface area contributed by atoms with Gasteiger partial charge in [-0.1, -0.05) is 23.2 Å². The molecule has 1 saturated heterocycles.